The normalized spacial score (nSPS) is 15.5. The number of nitrogens with zero attached hydrogens (tertiary/aromatic N) is 1. The van der Waals surface area contributed by atoms with E-state index in [4.69, 9.17) is 4.74 Å². The minimum atomic E-state index is -3.41. The Balaban J connectivity index is 1.56. The highest BCUT2D eigenvalue weighted by atomic mass is 32.2. The first kappa shape index (κ1) is 18.6. The Morgan fingerprint density at radius 3 is 2.23 bits per heavy atom. The fraction of sp³-hybridized carbons (Fsp3) is 0.350. The number of sulfonamides is 1. The molecule has 2 aromatic rings. The number of hydrogen-bond donors (Lipinski definition) is 0. The number of aryl methyl sites for hydroxylation is 1. The van der Waals surface area contributed by atoms with E-state index in [-0.39, 0.29) is 12.4 Å². The van der Waals surface area contributed by atoms with Crippen molar-refractivity contribution in [3.05, 3.63) is 60.2 Å². The number of carbonyl (C=O) groups is 1. The number of hydrogen-bond acceptors (Lipinski definition) is 4. The fourth-order valence-corrected chi connectivity index (χ4v) is 4.52. The molecule has 6 heteroatoms. The lowest BCUT2D eigenvalue weighted by Gasteiger charge is -2.25. The van der Waals surface area contributed by atoms with Crippen molar-refractivity contribution in [2.75, 3.05) is 13.1 Å². The molecule has 1 aliphatic heterocycles. The van der Waals surface area contributed by atoms with Crippen molar-refractivity contribution < 1.29 is 17.9 Å². The van der Waals surface area contributed by atoms with Crippen molar-refractivity contribution in [1.29, 1.82) is 0 Å². The Kier molecular flexibility index (Phi) is 6.06. The van der Waals surface area contributed by atoms with Gasteiger partial charge in [-0.25, -0.2) is 8.42 Å². The van der Waals surface area contributed by atoms with Crippen molar-refractivity contribution in [3.8, 4) is 5.75 Å². The third kappa shape index (κ3) is 4.71. The molecule has 1 saturated heterocycles. The number of benzene rings is 2. The summed E-state index contributed by atoms with van der Waals surface area (Å²) in [5, 5.41) is 0. The summed E-state index contributed by atoms with van der Waals surface area (Å²) in [6.45, 7) is 1.19. The lowest BCUT2D eigenvalue weighted by Crippen LogP contribution is -2.35. The van der Waals surface area contributed by atoms with Crippen LogP contribution < -0.4 is 4.74 Å². The van der Waals surface area contributed by atoms with Crippen LogP contribution in [-0.2, 0) is 21.2 Å². The highest BCUT2D eigenvalue weighted by Gasteiger charge is 2.25. The molecule has 2 aromatic carbocycles. The third-order valence-electron chi connectivity index (χ3n) is 4.47. The van der Waals surface area contributed by atoms with E-state index in [9.17, 15) is 13.2 Å². The highest BCUT2D eigenvalue weighted by molar-refractivity contribution is 7.89. The number of para-hydroxylation sites is 1. The second kappa shape index (κ2) is 8.47. The lowest BCUT2D eigenvalue weighted by molar-refractivity contribution is -0.134. The van der Waals surface area contributed by atoms with E-state index in [0.717, 1.165) is 24.8 Å². The standard InChI is InChI=1S/C20H23NO4S/c22-20(25-18-7-3-1-4-8-18)14-11-17-9-12-19(13-10-17)26(23,24)21-15-5-2-6-16-21/h1,3-4,7-10,12-13H,2,5-6,11,14-16H2. The molecule has 5 nitrogen and oxygen atoms in total. The van der Waals surface area contributed by atoms with E-state index in [2.05, 4.69) is 0 Å². The summed E-state index contributed by atoms with van der Waals surface area (Å²) in [5.41, 5.74) is 0.910. The smallest absolute Gasteiger partial charge is 0.311 e. The fourth-order valence-electron chi connectivity index (χ4n) is 3.00. The van der Waals surface area contributed by atoms with Crippen LogP contribution in [0.4, 0.5) is 0 Å². The molecule has 0 N–H and O–H groups in total. The average molecular weight is 373 g/mol. The van der Waals surface area contributed by atoms with Crippen LogP contribution >= 0.6 is 0 Å². The van der Waals surface area contributed by atoms with Crippen molar-refractivity contribution in [2.45, 2.75) is 37.0 Å². The summed E-state index contributed by atoms with van der Waals surface area (Å²) in [7, 11) is -3.41. The summed E-state index contributed by atoms with van der Waals surface area (Å²) in [6, 6.07) is 15.7. The molecule has 1 aliphatic rings. The second-order valence-corrected chi connectivity index (χ2v) is 8.33. The van der Waals surface area contributed by atoms with E-state index >= 15 is 0 Å². The first-order chi connectivity index (χ1) is 12.6. The molecule has 0 unspecified atom stereocenters. The predicted molar refractivity (Wildman–Crippen MR) is 99.4 cm³/mol. The number of piperidine rings is 1. The van der Waals surface area contributed by atoms with E-state index in [1.165, 1.54) is 0 Å². The third-order valence-corrected chi connectivity index (χ3v) is 6.38. The number of carbonyl (C=O) groups excluding carboxylic acids is 1. The molecule has 26 heavy (non-hydrogen) atoms. The molecule has 0 atom stereocenters. The summed E-state index contributed by atoms with van der Waals surface area (Å²) in [4.78, 5) is 12.2. The van der Waals surface area contributed by atoms with Crippen LogP contribution in [0.1, 0.15) is 31.2 Å². The van der Waals surface area contributed by atoms with Crippen LogP contribution in [0.2, 0.25) is 0 Å². The molecule has 1 fully saturated rings. The van der Waals surface area contributed by atoms with Crippen LogP contribution in [-0.4, -0.2) is 31.8 Å². The molecule has 0 aromatic heterocycles. The summed E-state index contributed by atoms with van der Waals surface area (Å²) >= 11 is 0. The number of rotatable bonds is 6. The molecule has 3 rings (SSSR count). The maximum absolute atomic E-state index is 12.6. The first-order valence-corrected chi connectivity index (χ1v) is 10.3. The monoisotopic (exact) mass is 373 g/mol. The maximum Gasteiger partial charge on any atom is 0.311 e. The zero-order chi connectivity index (χ0) is 18.4. The van der Waals surface area contributed by atoms with Crippen LogP contribution in [0.5, 0.6) is 5.75 Å². The minimum Gasteiger partial charge on any atom is -0.427 e. The van der Waals surface area contributed by atoms with Gasteiger partial charge in [-0.3, -0.25) is 4.79 Å². The number of ether oxygens (including phenoxy) is 1. The van der Waals surface area contributed by atoms with Crippen molar-refractivity contribution in [3.63, 3.8) is 0 Å². The second-order valence-electron chi connectivity index (χ2n) is 6.40. The van der Waals surface area contributed by atoms with Crippen molar-refractivity contribution in [1.82, 2.24) is 4.31 Å². The molecule has 138 valence electrons. The van der Waals surface area contributed by atoms with Gasteiger partial charge in [0.2, 0.25) is 10.0 Å². The molecule has 0 aliphatic carbocycles. The number of esters is 1. The van der Waals surface area contributed by atoms with E-state index in [0.29, 0.717) is 30.2 Å². The summed E-state index contributed by atoms with van der Waals surface area (Å²) < 4.78 is 32.0. The van der Waals surface area contributed by atoms with Gasteiger partial charge in [-0.1, -0.05) is 36.8 Å². The molecular weight excluding hydrogens is 350 g/mol. The van der Waals surface area contributed by atoms with Crippen molar-refractivity contribution >= 4 is 16.0 Å². The minimum absolute atomic E-state index is 0.243. The maximum atomic E-state index is 12.6. The molecule has 0 bridgehead atoms. The van der Waals surface area contributed by atoms with Gasteiger partial charge in [0.05, 0.1) is 4.90 Å². The SMILES string of the molecule is O=C(CCc1ccc(S(=O)(=O)N2CCCCC2)cc1)Oc1ccccc1. The van der Waals surface area contributed by atoms with E-state index < -0.39 is 10.0 Å². The van der Waals surface area contributed by atoms with Crippen LogP contribution in [0.25, 0.3) is 0 Å². The van der Waals surface area contributed by atoms with Gasteiger partial charge in [0, 0.05) is 19.5 Å². The Hall–Kier alpha value is -2.18. The Morgan fingerprint density at radius 1 is 0.923 bits per heavy atom. The summed E-state index contributed by atoms with van der Waals surface area (Å²) in [6.07, 6.45) is 3.68. The van der Waals surface area contributed by atoms with Gasteiger partial charge in [0.25, 0.3) is 0 Å². The van der Waals surface area contributed by atoms with E-state index in [1.54, 1.807) is 40.7 Å². The van der Waals surface area contributed by atoms with Gasteiger partial charge in [-0.05, 0) is 49.1 Å². The van der Waals surface area contributed by atoms with Gasteiger partial charge in [0.1, 0.15) is 5.75 Å². The molecular formula is C20H23NO4S. The zero-order valence-corrected chi connectivity index (χ0v) is 15.5. The largest absolute Gasteiger partial charge is 0.427 e. The van der Waals surface area contributed by atoms with E-state index in [1.807, 2.05) is 18.2 Å². The molecule has 0 saturated carbocycles. The van der Waals surface area contributed by atoms with Crippen molar-refractivity contribution in [2.24, 2.45) is 0 Å². The molecule has 0 radical (unpaired) electrons. The average Bonchev–Trinajstić information content (AvgIpc) is 2.68. The van der Waals surface area contributed by atoms with Gasteiger partial charge in [-0.15, -0.1) is 0 Å². The quantitative estimate of drug-likeness (QED) is 0.575. The van der Waals surface area contributed by atoms with Gasteiger partial charge in [0.15, 0.2) is 0 Å². The molecule has 0 amide bonds. The van der Waals surface area contributed by atoms with Crippen LogP contribution in [0.3, 0.4) is 0 Å². The Morgan fingerprint density at radius 2 is 1.58 bits per heavy atom. The Bertz CT molecular complexity index is 826. The van der Waals surface area contributed by atoms with Gasteiger partial charge < -0.3 is 4.74 Å². The first-order valence-electron chi connectivity index (χ1n) is 8.90. The molecule has 0 spiro atoms. The highest BCUT2D eigenvalue weighted by Crippen LogP contribution is 2.21. The van der Waals surface area contributed by atoms with Gasteiger partial charge in [-0.2, -0.15) is 4.31 Å². The predicted octanol–water partition coefficient (Wildman–Crippen LogP) is 3.40. The topological polar surface area (TPSA) is 63.7 Å². The molecule has 1 heterocycles. The Labute approximate surface area is 154 Å². The zero-order valence-electron chi connectivity index (χ0n) is 14.6. The lowest BCUT2D eigenvalue weighted by atomic mass is 10.1. The summed E-state index contributed by atoms with van der Waals surface area (Å²) in [5.74, 6) is 0.224. The van der Waals surface area contributed by atoms with Crippen LogP contribution in [0, 0.1) is 0 Å². The van der Waals surface area contributed by atoms with Gasteiger partial charge >= 0.3 is 5.97 Å². The van der Waals surface area contributed by atoms with Crippen LogP contribution in [0.15, 0.2) is 59.5 Å².